The second-order valence-corrected chi connectivity index (χ2v) is 6.65. The van der Waals surface area contributed by atoms with E-state index in [4.69, 9.17) is 4.74 Å². The third-order valence-corrected chi connectivity index (χ3v) is 4.36. The van der Waals surface area contributed by atoms with Crippen molar-refractivity contribution in [1.82, 2.24) is 9.78 Å². The summed E-state index contributed by atoms with van der Waals surface area (Å²) in [6.45, 7) is -0.263. The number of hydrogen-bond acceptors (Lipinski definition) is 4. The fraction of sp³-hybridized carbons (Fsp3) is 0.0417. The van der Waals surface area contributed by atoms with Crippen LogP contribution in [0.2, 0.25) is 0 Å². The molecule has 0 atom stereocenters. The first-order valence-electron chi connectivity index (χ1n) is 9.68. The Morgan fingerprint density at radius 2 is 1.32 bits per heavy atom. The average Bonchev–Trinajstić information content (AvgIpc) is 3.24. The molecule has 0 unspecified atom stereocenters. The highest BCUT2D eigenvalue weighted by molar-refractivity contribution is 6.04. The number of anilines is 2. The molecule has 4 rings (SSSR count). The number of carbonyl (C=O) groups excluding carboxylic acids is 2. The first-order chi connectivity index (χ1) is 15.2. The number of carbonyl (C=O) groups is 2. The Bertz CT molecular complexity index is 1160. The summed E-state index contributed by atoms with van der Waals surface area (Å²) in [5.74, 6) is -0.562. The van der Waals surface area contributed by atoms with E-state index in [-0.39, 0.29) is 24.0 Å². The van der Waals surface area contributed by atoms with Gasteiger partial charge >= 0.3 is 0 Å². The maximum absolute atomic E-state index is 12.8. The van der Waals surface area contributed by atoms with Gasteiger partial charge in [0.15, 0.2) is 18.1 Å². The van der Waals surface area contributed by atoms with Crippen molar-refractivity contribution in [1.29, 1.82) is 0 Å². The molecule has 1 heterocycles. The SMILES string of the molecule is O=C(COc1cn(-c2ccccc2)nc1C(=O)Nc1ccccc1)Nc1ccccc1. The molecule has 0 spiro atoms. The first-order valence-corrected chi connectivity index (χ1v) is 9.68. The molecule has 0 radical (unpaired) electrons. The molecule has 0 saturated carbocycles. The molecule has 4 aromatic rings. The van der Waals surface area contributed by atoms with Crippen LogP contribution >= 0.6 is 0 Å². The molecular formula is C24H20N4O3. The first kappa shape index (κ1) is 19.9. The zero-order valence-electron chi connectivity index (χ0n) is 16.6. The Labute approximate surface area is 179 Å². The maximum atomic E-state index is 12.8. The van der Waals surface area contributed by atoms with Crippen LogP contribution in [-0.2, 0) is 4.79 Å². The smallest absolute Gasteiger partial charge is 0.280 e. The van der Waals surface area contributed by atoms with Gasteiger partial charge in [-0.25, -0.2) is 4.68 Å². The largest absolute Gasteiger partial charge is 0.480 e. The van der Waals surface area contributed by atoms with Crippen molar-refractivity contribution in [2.75, 3.05) is 17.2 Å². The Morgan fingerprint density at radius 3 is 1.94 bits per heavy atom. The van der Waals surface area contributed by atoms with Crippen LogP contribution in [0, 0.1) is 0 Å². The van der Waals surface area contributed by atoms with E-state index < -0.39 is 5.91 Å². The highest BCUT2D eigenvalue weighted by Crippen LogP contribution is 2.21. The van der Waals surface area contributed by atoms with Crippen molar-refractivity contribution in [2.45, 2.75) is 0 Å². The van der Waals surface area contributed by atoms with Crippen LogP contribution in [0.4, 0.5) is 11.4 Å². The van der Waals surface area contributed by atoms with Gasteiger partial charge < -0.3 is 15.4 Å². The van der Waals surface area contributed by atoms with E-state index in [9.17, 15) is 9.59 Å². The summed E-state index contributed by atoms with van der Waals surface area (Å²) < 4.78 is 7.22. The Balaban J connectivity index is 1.53. The van der Waals surface area contributed by atoms with E-state index in [1.165, 1.54) is 0 Å². The van der Waals surface area contributed by atoms with Gasteiger partial charge in [-0.2, -0.15) is 5.10 Å². The summed E-state index contributed by atoms with van der Waals surface area (Å²) in [7, 11) is 0. The number of amides is 2. The van der Waals surface area contributed by atoms with Gasteiger partial charge in [-0.15, -0.1) is 0 Å². The molecule has 0 aliphatic rings. The van der Waals surface area contributed by atoms with Gasteiger partial charge in [0.1, 0.15) is 0 Å². The van der Waals surface area contributed by atoms with Crippen molar-refractivity contribution in [2.24, 2.45) is 0 Å². The third-order valence-electron chi connectivity index (χ3n) is 4.36. The summed E-state index contributed by atoms with van der Waals surface area (Å²) >= 11 is 0. The minimum absolute atomic E-state index is 0.0835. The quantitative estimate of drug-likeness (QED) is 0.478. The van der Waals surface area contributed by atoms with Crippen molar-refractivity contribution in [3.8, 4) is 11.4 Å². The highest BCUT2D eigenvalue weighted by atomic mass is 16.5. The number of aromatic nitrogens is 2. The molecule has 0 bridgehead atoms. The Morgan fingerprint density at radius 1 is 0.774 bits per heavy atom. The predicted molar refractivity (Wildman–Crippen MR) is 119 cm³/mol. The third kappa shape index (κ3) is 5.16. The Kier molecular flexibility index (Phi) is 6.04. The van der Waals surface area contributed by atoms with Crippen LogP contribution in [0.15, 0.2) is 97.2 Å². The molecular weight excluding hydrogens is 392 g/mol. The predicted octanol–water partition coefficient (Wildman–Crippen LogP) is 4.14. The van der Waals surface area contributed by atoms with E-state index >= 15 is 0 Å². The summed E-state index contributed by atoms with van der Waals surface area (Å²) in [5, 5.41) is 9.93. The van der Waals surface area contributed by atoms with Crippen LogP contribution in [0.5, 0.6) is 5.75 Å². The molecule has 0 saturated heterocycles. The van der Waals surface area contributed by atoms with E-state index in [0.29, 0.717) is 11.4 Å². The van der Waals surface area contributed by atoms with Gasteiger partial charge in [0, 0.05) is 11.4 Å². The number of rotatable bonds is 7. The Hall–Kier alpha value is -4.39. The second kappa shape index (κ2) is 9.41. The van der Waals surface area contributed by atoms with Gasteiger partial charge in [0.05, 0.1) is 11.9 Å². The zero-order chi connectivity index (χ0) is 21.5. The molecule has 7 nitrogen and oxygen atoms in total. The lowest BCUT2D eigenvalue weighted by atomic mass is 10.3. The van der Waals surface area contributed by atoms with E-state index in [2.05, 4.69) is 15.7 Å². The second-order valence-electron chi connectivity index (χ2n) is 6.65. The molecule has 2 amide bonds. The van der Waals surface area contributed by atoms with Crippen molar-refractivity contribution >= 4 is 23.2 Å². The van der Waals surface area contributed by atoms with Crippen LogP contribution in [0.3, 0.4) is 0 Å². The van der Waals surface area contributed by atoms with Crippen molar-refractivity contribution < 1.29 is 14.3 Å². The topological polar surface area (TPSA) is 85.2 Å². The lowest BCUT2D eigenvalue weighted by molar-refractivity contribution is -0.118. The average molecular weight is 412 g/mol. The molecule has 3 aromatic carbocycles. The zero-order valence-corrected chi connectivity index (χ0v) is 16.6. The van der Waals surface area contributed by atoms with Gasteiger partial charge in [-0.05, 0) is 36.4 Å². The number of ether oxygens (including phenoxy) is 1. The fourth-order valence-electron chi connectivity index (χ4n) is 2.91. The number of nitrogens with one attached hydrogen (secondary N) is 2. The molecule has 2 N–H and O–H groups in total. The van der Waals surface area contributed by atoms with Crippen molar-refractivity contribution in [3.63, 3.8) is 0 Å². The molecule has 31 heavy (non-hydrogen) atoms. The maximum Gasteiger partial charge on any atom is 0.280 e. The molecule has 0 aliphatic carbocycles. The summed E-state index contributed by atoms with van der Waals surface area (Å²) in [4.78, 5) is 25.1. The van der Waals surface area contributed by atoms with Gasteiger partial charge in [0.25, 0.3) is 11.8 Å². The van der Waals surface area contributed by atoms with Crippen LogP contribution in [-0.4, -0.2) is 28.2 Å². The van der Waals surface area contributed by atoms with E-state index in [1.54, 1.807) is 35.1 Å². The standard InChI is InChI=1S/C24H20N4O3/c29-22(25-18-10-4-1-5-11-18)17-31-21-16-28(20-14-8-3-9-15-20)27-23(21)24(30)26-19-12-6-2-7-13-19/h1-16H,17H2,(H,25,29)(H,26,30). The molecule has 0 aliphatic heterocycles. The van der Waals surface area contributed by atoms with E-state index in [1.807, 2.05) is 66.7 Å². The normalized spacial score (nSPS) is 10.3. The monoisotopic (exact) mass is 412 g/mol. The van der Waals surface area contributed by atoms with Crippen molar-refractivity contribution in [3.05, 3.63) is 103 Å². The van der Waals surface area contributed by atoms with Crippen LogP contribution in [0.25, 0.3) is 5.69 Å². The minimum atomic E-state index is -0.431. The molecule has 0 fully saturated rings. The number of hydrogen-bond donors (Lipinski definition) is 2. The summed E-state index contributed by atoms with van der Waals surface area (Å²) in [5.41, 5.74) is 2.15. The molecule has 7 heteroatoms. The summed E-state index contributed by atoms with van der Waals surface area (Å²) in [6, 6.07) is 27.5. The molecule has 1 aromatic heterocycles. The van der Waals surface area contributed by atoms with Gasteiger partial charge in [-0.3, -0.25) is 9.59 Å². The van der Waals surface area contributed by atoms with Gasteiger partial charge in [0.2, 0.25) is 0 Å². The van der Waals surface area contributed by atoms with E-state index in [0.717, 1.165) is 5.69 Å². The molecule has 154 valence electrons. The highest BCUT2D eigenvalue weighted by Gasteiger charge is 2.20. The van der Waals surface area contributed by atoms with Crippen LogP contribution in [0.1, 0.15) is 10.5 Å². The van der Waals surface area contributed by atoms with Gasteiger partial charge in [-0.1, -0.05) is 54.6 Å². The number of para-hydroxylation sites is 3. The van der Waals surface area contributed by atoms with Crippen LogP contribution < -0.4 is 15.4 Å². The lowest BCUT2D eigenvalue weighted by Crippen LogP contribution is -2.21. The minimum Gasteiger partial charge on any atom is -0.480 e. The fourth-order valence-corrected chi connectivity index (χ4v) is 2.91. The number of benzene rings is 3. The lowest BCUT2D eigenvalue weighted by Gasteiger charge is -2.08. The summed E-state index contributed by atoms with van der Waals surface area (Å²) in [6.07, 6.45) is 1.59. The number of nitrogens with zero attached hydrogens (tertiary/aromatic N) is 2.